The molecule has 0 aromatic carbocycles. The van der Waals surface area contributed by atoms with Crippen molar-refractivity contribution >= 4 is 5.91 Å². The third kappa shape index (κ3) is 3.26. The minimum atomic E-state index is -0.484. The van der Waals surface area contributed by atoms with E-state index in [2.05, 4.69) is 20.4 Å². The largest absolute Gasteiger partial charge is 0.481 e. The van der Waals surface area contributed by atoms with Gasteiger partial charge in [0.25, 0.3) is 5.91 Å². The lowest BCUT2D eigenvalue weighted by atomic mass is 10.1. The molecule has 0 saturated carbocycles. The maximum Gasteiger partial charge on any atom is 0.252 e. The first-order valence-corrected chi connectivity index (χ1v) is 8.67. The maximum absolute atomic E-state index is 14.2. The Bertz CT molecular complexity index is 1040. The van der Waals surface area contributed by atoms with Gasteiger partial charge in [0.2, 0.25) is 11.8 Å². The molecule has 28 heavy (non-hydrogen) atoms. The van der Waals surface area contributed by atoms with Gasteiger partial charge in [-0.3, -0.25) is 9.48 Å². The zero-order chi connectivity index (χ0) is 19.7. The van der Waals surface area contributed by atoms with E-state index in [0.29, 0.717) is 41.5 Å². The lowest BCUT2D eigenvalue weighted by molar-refractivity contribution is 0.0936. The molecule has 1 aliphatic rings. The van der Waals surface area contributed by atoms with Gasteiger partial charge < -0.3 is 14.8 Å². The Labute approximate surface area is 160 Å². The van der Waals surface area contributed by atoms with Crippen molar-refractivity contribution < 1.29 is 18.7 Å². The van der Waals surface area contributed by atoms with Gasteiger partial charge in [-0.05, 0) is 18.6 Å². The first-order chi connectivity index (χ1) is 13.6. The van der Waals surface area contributed by atoms with Crippen LogP contribution in [0.4, 0.5) is 4.39 Å². The normalized spacial score (nSPS) is 15.2. The number of carbonyl (C=O) groups excluding carboxylic acids is 1. The highest BCUT2D eigenvalue weighted by molar-refractivity contribution is 5.94. The lowest BCUT2D eigenvalue weighted by Crippen LogP contribution is -2.27. The molecule has 1 atom stereocenters. The molecule has 1 aliphatic heterocycles. The van der Waals surface area contributed by atoms with Gasteiger partial charge in [0.15, 0.2) is 5.82 Å². The summed E-state index contributed by atoms with van der Waals surface area (Å²) in [7, 11) is 2.96. The molecule has 3 aromatic rings. The number of halogens is 1. The zero-order valence-electron chi connectivity index (χ0n) is 15.3. The number of nitrogens with one attached hydrogen (secondary N) is 1. The van der Waals surface area contributed by atoms with Crippen LogP contribution >= 0.6 is 0 Å². The van der Waals surface area contributed by atoms with Crippen LogP contribution in [0.15, 0.2) is 36.7 Å². The molecule has 144 valence electrons. The molecule has 1 amide bonds. The zero-order valence-corrected chi connectivity index (χ0v) is 15.3. The fraction of sp³-hybridized carbons (Fsp3) is 0.263. The number of methoxy groups -OCH3 is 2. The molecule has 8 nitrogen and oxygen atoms in total. The van der Waals surface area contributed by atoms with E-state index in [1.54, 1.807) is 22.9 Å². The highest BCUT2D eigenvalue weighted by Gasteiger charge is 2.27. The van der Waals surface area contributed by atoms with Gasteiger partial charge in [0.1, 0.15) is 0 Å². The predicted molar refractivity (Wildman–Crippen MR) is 97.6 cm³/mol. The van der Waals surface area contributed by atoms with Crippen molar-refractivity contribution in [2.75, 3.05) is 14.2 Å². The van der Waals surface area contributed by atoms with E-state index < -0.39 is 5.82 Å². The summed E-state index contributed by atoms with van der Waals surface area (Å²) in [6.45, 7) is 0.629. The minimum Gasteiger partial charge on any atom is -0.481 e. The van der Waals surface area contributed by atoms with Gasteiger partial charge >= 0.3 is 0 Å². The van der Waals surface area contributed by atoms with Crippen LogP contribution in [0.3, 0.4) is 0 Å². The molecule has 0 spiro atoms. The molecule has 1 unspecified atom stereocenters. The third-order valence-electron chi connectivity index (χ3n) is 4.62. The lowest BCUT2D eigenvalue weighted by Gasteiger charge is -2.12. The fourth-order valence-corrected chi connectivity index (χ4v) is 3.20. The number of fused-ring (bicyclic) bond motifs is 1. The van der Waals surface area contributed by atoms with Crippen LogP contribution in [0.1, 0.15) is 28.5 Å². The first kappa shape index (κ1) is 17.9. The van der Waals surface area contributed by atoms with Crippen molar-refractivity contribution in [2.45, 2.75) is 19.0 Å². The molecule has 4 rings (SSSR count). The van der Waals surface area contributed by atoms with Gasteiger partial charge in [-0.25, -0.2) is 14.4 Å². The van der Waals surface area contributed by atoms with Gasteiger partial charge in [-0.1, -0.05) is 0 Å². The highest BCUT2D eigenvalue weighted by atomic mass is 19.1. The van der Waals surface area contributed by atoms with E-state index in [1.165, 1.54) is 26.5 Å². The second kappa shape index (κ2) is 7.26. The first-order valence-electron chi connectivity index (χ1n) is 8.67. The fourth-order valence-electron chi connectivity index (χ4n) is 3.20. The maximum atomic E-state index is 14.2. The third-order valence-corrected chi connectivity index (χ3v) is 4.62. The summed E-state index contributed by atoms with van der Waals surface area (Å²) >= 11 is 0. The number of hydrogen-bond acceptors (Lipinski definition) is 6. The molecule has 3 aromatic heterocycles. The van der Waals surface area contributed by atoms with E-state index in [4.69, 9.17) is 9.47 Å². The molecule has 0 fully saturated rings. The Morgan fingerprint density at radius 1 is 1.21 bits per heavy atom. The summed E-state index contributed by atoms with van der Waals surface area (Å²) in [5.41, 5.74) is 2.05. The van der Waals surface area contributed by atoms with Crippen molar-refractivity contribution in [1.82, 2.24) is 25.1 Å². The van der Waals surface area contributed by atoms with E-state index in [9.17, 15) is 9.18 Å². The highest BCUT2D eigenvalue weighted by Crippen LogP contribution is 2.32. The monoisotopic (exact) mass is 383 g/mol. The average Bonchev–Trinajstić information content (AvgIpc) is 3.30. The molecular formula is C19H18FN5O3. The number of hydrogen-bond donors (Lipinski definition) is 1. The molecule has 4 heterocycles. The van der Waals surface area contributed by atoms with E-state index >= 15 is 0 Å². The number of rotatable bonds is 5. The second-order valence-electron chi connectivity index (χ2n) is 6.29. The molecule has 0 aliphatic carbocycles. The predicted octanol–water partition coefficient (Wildman–Crippen LogP) is 2.37. The molecular weight excluding hydrogens is 365 g/mol. The molecule has 0 radical (unpaired) electrons. The van der Waals surface area contributed by atoms with Crippen LogP contribution in [-0.2, 0) is 6.54 Å². The average molecular weight is 383 g/mol. The van der Waals surface area contributed by atoms with Crippen molar-refractivity contribution in [3.8, 4) is 23.0 Å². The Balaban J connectivity index is 1.57. The van der Waals surface area contributed by atoms with Crippen molar-refractivity contribution in [2.24, 2.45) is 0 Å². The Morgan fingerprint density at radius 2 is 2.00 bits per heavy atom. The van der Waals surface area contributed by atoms with Crippen LogP contribution in [0, 0.1) is 5.82 Å². The summed E-state index contributed by atoms with van der Waals surface area (Å²) in [6, 6.07) is 6.26. The van der Waals surface area contributed by atoms with Crippen LogP contribution in [-0.4, -0.2) is 39.9 Å². The van der Waals surface area contributed by atoms with Crippen LogP contribution in [0.25, 0.3) is 11.3 Å². The van der Waals surface area contributed by atoms with Gasteiger partial charge in [-0.2, -0.15) is 5.10 Å². The molecule has 0 saturated heterocycles. The van der Waals surface area contributed by atoms with Crippen LogP contribution < -0.4 is 14.8 Å². The van der Waals surface area contributed by atoms with Gasteiger partial charge in [-0.15, -0.1) is 0 Å². The number of carbonyl (C=O) groups is 1. The number of ether oxygens (including phenoxy) is 2. The topological polar surface area (TPSA) is 91.2 Å². The Kier molecular flexibility index (Phi) is 4.64. The van der Waals surface area contributed by atoms with Crippen molar-refractivity contribution in [3.63, 3.8) is 0 Å². The molecule has 9 heteroatoms. The minimum absolute atomic E-state index is 0.222. The summed E-state index contributed by atoms with van der Waals surface area (Å²) in [5.74, 6) is -0.0461. The quantitative estimate of drug-likeness (QED) is 0.727. The van der Waals surface area contributed by atoms with Crippen molar-refractivity contribution in [3.05, 3.63) is 53.7 Å². The Morgan fingerprint density at radius 3 is 2.79 bits per heavy atom. The second-order valence-corrected chi connectivity index (χ2v) is 6.29. The van der Waals surface area contributed by atoms with E-state index in [0.717, 1.165) is 11.9 Å². The van der Waals surface area contributed by atoms with Crippen LogP contribution in [0.5, 0.6) is 11.8 Å². The summed E-state index contributed by atoms with van der Waals surface area (Å²) in [6.07, 6.45) is 3.33. The van der Waals surface area contributed by atoms with Gasteiger partial charge in [0, 0.05) is 36.0 Å². The molecule has 1 N–H and O–H groups in total. The number of aromatic nitrogens is 4. The van der Waals surface area contributed by atoms with Gasteiger partial charge in [0.05, 0.1) is 37.8 Å². The number of pyridine rings is 2. The summed E-state index contributed by atoms with van der Waals surface area (Å²) < 4.78 is 26.1. The SMILES string of the molecule is COc1cc(C(=O)NC2CCn3nc(-c4cc(OC)ncc4F)cc32)ccn1. The Hall–Kier alpha value is -3.49. The van der Waals surface area contributed by atoms with Crippen molar-refractivity contribution in [1.29, 1.82) is 0 Å². The van der Waals surface area contributed by atoms with Crippen LogP contribution in [0.2, 0.25) is 0 Å². The summed E-state index contributed by atoms with van der Waals surface area (Å²) in [4.78, 5) is 20.4. The summed E-state index contributed by atoms with van der Waals surface area (Å²) in [5, 5.41) is 7.46. The standard InChI is InChI=1S/C19H18FN5O3/c1-27-17-7-11(3-5-21-17)19(26)23-14-4-6-25-16(14)9-15(24-25)12-8-18(28-2)22-10-13(12)20/h3,5,7-10,14H,4,6H2,1-2H3,(H,23,26). The van der Waals surface area contributed by atoms with E-state index in [-0.39, 0.29) is 11.9 Å². The number of nitrogens with zero attached hydrogens (tertiary/aromatic N) is 4. The smallest absolute Gasteiger partial charge is 0.252 e. The van der Waals surface area contributed by atoms with E-state index in [1.807, 2.05) is 0 Å². The number of aryl methyl sites for hydroxylation is 1. The molecule has 0 bridgehead atoms. The number of amides is 1.